The number of hydrogen-bond donors (Lipinski definition) is 0. The molecule has 1 aromatic heterocycles. The Morgan fingerprint density at radius 3 is 2.71 bits per heavy atom. The number of aromatic nitrogens is 1. The molecule has 0 amide bonds. The van der Waals surface area contributed by atoms with Crippen LogP contribution in [0.25, 0.3) is 10.2 Å². The summed E-state index contributed by atoms with van der Waals surface area (Å²) in [6.07, 6.45) is 0. The fourth-order valence-corrected chi connectivity index (χ4v) is 4.08. The third-order valence-electron chi connectivity index (χ3n) is 1.83. The van der Waals surface area contributed by atoms with Crippen LogP contribution in [0.4, 0.5) is 0 Å². The normalized spacial score (nSPS) is 11.4. The summed E-state index contributed by atoms with van der Waals surface area (Å²) in [6, 6.07) is 7.69. The van der Waals surface area contributed by atoms with Crippen molar-refractivity contribution in [2.24, 2.45) is 0 Å². The topological polar surface area (TPSA) is 70.1 Å². The van der Waals surface area contributed by atoms with Gasteiger partial charge >= 0.3 is 29.6 Å². The molecule has 0 atom stereocenters. The van der Waals surface area contributed by atoms with Crippen LogP contribution in [-0.4, -0.2) is 29.5 Å². The second kappa shape index (κ2) is 6.51. The summed E-state index contributed by atoms with van der Waals surface area (Å²) in [5.74, 6) is -0.0980. The van der Waals surface area contributed by atoms with Crippen molar-refractivity contribution in [2.75, 3.05) is 11.5 Å². The van der Waals surface area contributed by atoms with E-state index in [-0.39, 0.29) is 41.1 Å². The van der Waals surface area contributed by atoms with Crippen molar-refractivity contribution in [3.8, 4) is 0 Å². The van der Waals surface area contributed by atoms with Gasteiger partial charge in [0.1, 0.15) is 0 Å². The molecule has 17 heavy (non-hydrogen) atoms. The summed E-state index contributed by atoms with van der Waals surface area (Å²) in [6.45, 7) is 0. The number of fused-ring (bicyclic) bond motifs is 1. The van der Waals surface area contributed by atoms with Crippen LogP contribution in [-0.2, 0) is 10.1 Å². The maximum Gasteiger partial charge on any atom is 1.00 e. The largest absolute Gasteiger partial charge is 1.00 e. The predicted octanol–water partition coefficient (Wildman–Crippen LogP) is -1.06. The van der Waals surface area contributed by atoms with Crippen molar-refractivity contribution < 1.29 is 42.5 Å². The zero-order valence-electron chi connectivity index (χ0n) is 9.12. The van der Waals surface area contributed by atoms with Crippen LogP contribution in [0.5, 0.6) is 0 Å². The van der Waals surface area contributed by atoms with E-state index in [9.17, 15) is 13.0 Å². The third kappa shape index (κ3) is 4.86. The van der Waals surface area contributed by atoms with E-state index in [1.807, 2.05) is 24.3 Å². The molecule has 86 valence electrons. The third-order valence-corrected chi connectivity index (χ3v) is 4.98. The maximum atomic E-state index is 10.4. The Balaban J connectivity index is 0.00000144. The van der Waals surface area contributed by atoms with E-state index in [0.717, 1.165) is 14.6 Å². The van der Waals surface area contributed by atoms with Crippen molar-refractivity contribution in [3.05, 3.63) is 24.3 Å². The van der Waals surface area contributed by atoms with Crippen LogP contribution in [0.2, 0.25) is 0 Å². The molecule has 0 N–H and O–H groups in total. The standard InChI is InChI=1S/C9H9NO3S3.Na/c11-16(12,13)6-5-14-9-10-7-3-1-2-4-8(7)15-9;/h1-4H,5-6H2,(H,11,12,13);/q;+1/p-1. The molecule has 0 aliphatic carbocycles. The average molecular weight is 297 g/mol. The Morgan fingerprint density at radius 1 is 1.35 bits per heavy atom. The summed E-state index contributed by atoms with van der Waals surface area (Å²) in [5, 5.41) is 0. The van der Waals surface area contributed by atoms with Gasteiger partial charge in [-0.3, -0.25) is 0 Å². The quantitative estimate of drug-likeness (QED) is 0.409. The van der Waals surface area contributed by atoms with Gasteiger partial charge in [0.25, 0.3) is 0 Å². The fraction of sp³-hybridized carbons (Fsp3) is 0.222. The molecule has 0 aliphatic rings. The molecule has 4 nitrogen and oxygen atoms in total. The zero-order chi connectivity index (χ0) is 11.6. The number of thioether (sulfide) groups is 1. The smallest absolute Gasteiger partial charge is 0.748 e. The Bertz CT molecular complexity index is 563. The summed E-state index contributed by atoms with van der Waals surface area (Å²) in [5.41, 5.74) is 0.903. The van der Waals surface area contributed by atoms with Crippen LogP contribution >= 0.6 is 23.1 Å². The first kappa shape index (κ1) is 15.4. The number of rotatable bonds is 4. The Kier molecular flexibility index (Phi) is 5.91. The van der Waals surface area contributed by atoms with Gasteiger partial charge in [0, 0.05) is 11.5 Å². The Labute approximate surface area is 130 Å². The minimum absolute atomic E-state index is 0. The Hall–Kier alpha value is 0.370. The molecule has 2 rings (SSSR count). The van der Waals surface area contributed by atoms with E-state index in [4.69, 9.17) is 0 Å². The van der Waals surface area contributed by atoms with Crippen LogP contribution in [0.15, 0.2) is 28.6 Å². The minimum atomic E-state index is -4.12. The number of thiazole rings is 1. The number of para-hydroxylation sites is 1. The first-order chi connectivity index (χ1) is 7.54. The fourth-order valence-electron chi connectivity index (χ4n) is 1.14. The first-order valence-corrected chi connectivity index (χ1v) is 7.84. The summed E-state index contributed by atoms with van der Waals surface area (Å²) in [7, 11) is -4.12. The number of nitrogens with zero attached hydrogens (tertiary/aromatic N) is 1. The van der Waals surface area contributed by atoms with Gasteiger partial charge < -0.3 is 4.55 Å². The van der Waals surface area contributed by atoms with Gasteiger partial charge in [-0.25, -0.2) is 13.4 Å². The number of benzene rings is 1. The predicted molar refractivity (Wildman–Crippen MR) is 64.9 cm³/mol. The maximum absolute atomic E-state index is 10.4. The molecule has 0 saturated heterocycles. The molecular formula is C9H8NNaO3S3. The van der Waals surface area contributed by atoms with E-state index in [1.54, 1.807) is 0 Å². The van der Waals surface area contributed by atoms with E-state index >= 15 is 0 Å². The van der Waals surface area contributed by atoms with Crippen molar-refractivity contribution in [1.82, 2.24) is 4.98 Å². The monoisotopic (exact) mass is 297 g/mol. The molecule has 1 aromatic carbocycles. The van der Waals surface area contributed by atoms with Gasteiger partial charge in [0.05, 0.1) is 20.3 Å². The Morgan fingerprint density at radius 2 is 2.06 bits per heavy atom. The van der Waals surface area contributed by atoms with Crippen LogP contribution in [0, 0.1) is 0 Å². The van der Waals surface area contributed by atoms with Gasteiger partial charge in [0.2, 0.25) is 0 Å². The molecule has 0 saturated carbocycles. The van der Waals surface area contributed by atoms with Gasteiger partial charge in [0.15, 0.2) is 4.34 Å². The second-order valence-corrected chi connectivity index (χ2v) is 6.95. The summed E-state index contributed by atoms with van der Waals surface area (Å²) >= 11 is 2.80. The van der Waals surface area contributed by atoms with Crippen molar-refractivity contribution >= 4 is 43.4 Å². The van der Waals surface area contributed by atoms with Crippen LogP contribution < -0.4 is 29.6 Å². The van der Waals surface area contributed by atoms with Crippen molar-refractivity contribution in [2.45, 2.75) is 4.34 Å². The zero-order valence-corrected chi connectivity index (χ0v) is 13.6. The van der Waals surface area contributed by atoms with E-state index < -0.39 is 10.1 Å². The number of hydrogen-bond acceptors (Lipinski definition) is 6. The molecule has 8 heteroatoms. The van der Waals surface area contributed by atoms with Gasteiger partial charge in [-0.15, -0.1) is 11.3 Å². The van der Waals surface area contributed by atoms with Gasteiger partial charge in [-0.1, -0.05) is 23.9 Å². The summed E-state index contributed by atoms with van der Waals surface area (Å²) < 4.78 is 33.1. The van der Waals surface area contributed by atoms with Gasteiger partial charge in [-0.05, 0) is 12.1 Å². The molecule has 2 aromatic rings. The molecule has 0 aliphatic heterocycles. The minimum Gasteiger partial charge on any atom is -0.748 e. The molecule has 1 heterocycles. The van der Waals surface area contributed by atoms with Crippen LogP contribution in [0.3, 0.4) is 0 Å². The van der Waals surface area contributed by atoms with E-state index in [1.165, 1.54) is 23.1 Å². The van der Waals surface area contributed by atoms with Crippen molar-refractivity contribution in [3.63, 3.8) is 0 Å². The molecule has 0 bridgehead atoms. The molecule has 0 spiro atoms. The summed E-state index contributed by atoms with van der Waals surface area (Å²) in [4.78, 5) is 4.32. The average Bonchev–Trinajstić information content (AvgIpc) is 2.57. The first-order valence-electron chi connectivity index (χ1n) is 4.46. The molecule has 0 unspecified atom stereocenters. The van der Waals surface area contributed by atoms with Crippen molar-refractivity contribution in [1.29, 1.82) is 0 Å². The second-order valence-electron chi connectivity index (χ2n) is 3.06. The van der Waals surface area contributed by atoms with E-state index in [2.05, 4.69) is 4.98 Å². The molecule has 0 fully saturated rings. The molecule has 0 radical (unpaired) electrons. The SMILES string of the molecule is O=S(=O)([O-])CCSc1nc2ccccc2s1.[Na+]. The molecular weight excluding hydrogens is 289 g/mol. The van der Waals surface area contributed by atoms with E-state index in [0.29, 0.717) is 0 Å². The van der Waals surface area contributed by atoms with Crippen LogP contribution in [0.1, 0.15) is 0 Å². The van der Waals surface area contributed by atoms with Gasteiger partial charge in [-0.2, -0.15) is 0 Å².